The lowest BCUT2D eigenvalue weighted by molar-refractivity contribution is 0.0757. The summed E-state index contributed by atoms with van der Waals surface area (Å²) < 4.78 is 5.55. The van der Waals surface area contributed by atoms with Crippen LogP contribution in [-0.4, -0.2) is 36.0 Å². The molecule has 1 aromatic heterocycles. The third kappa shape index (κ3) is 2.59. The monoisotopic (exact) mass is 325 g/mol. The second-order valence-electron chi connectivity index (χ2n) is 6.88. The largest absolute Gasteiger partial charge is 0.459 e. The van der Waals surface area contributed by atoms with Crippen LogP contribution >= 0.6 is 0 Å². The first kappa shape index (κ1) is 15.3. The maximum atomic E-state index is 12.7. The molecule has 2 aliphatic rings. The minimum absolute atomic E-state index is 0.0388. The number of nitrogens with zero attached hydrogens (tertiary/aromatic N) is 2. The predicted octanol–water partition coefficient (Wildman–Crippen LogP) is 2.40. The molecule has 2 aromatic rings. The van der Waals surface area contributed by atoms with Crippen LogP contribution in [0.2, 0.25) is 0 Å². The molecule has 1 aromatic carbocycles. The first-order valence-electron chi connectivity index (χ1n) is 8.59. The Hall–Kier alpha value is -2.27. The van der Waals surface area contributed by atoms with Crippen molar-refractivity contribution in [2.45, 2.75) is 38.4 Å². The SMILES string of the molecule is CC1Cc2ccccc2N1Cc1ccoc1C(=O)N1CC[C@@H](N)C1. The summed E-state index contributed by atoms with van der Waals surface area (Å²) >= 11 is 0. The van der Waals surface area contributed by atoms with Gasteiger partial charge in [0.2, 0.25) is 0 Å². The number of likely N-dealkylation sites (tertiary alicyclic amines) is 1. The van der Waals surface area contributed by atoms with E-state index in [9.17, 15) is 4.79 Å². The number of benzene rings is 1. The highest BCUT2D eigenvalue weighted by Gasteiger charge is 2.31. The summed E-state index contributed by atoms with van der Waals surface area (Å²) in [5, 5.41) is 0. The molecule has 4 rings (SSSR count). The highest BCUT2D eigenvalue weighted by molar-refractivity contribution is 5.93. The Balaban J connectivity index is 1.56. The van der Waals surface area contributed by atoms with Crippen LogP contribution in [0.3, 0.4) is 0 Å². The highest BCUT2D eigenvalue weighted by atomic mass is 16.3. The number of anilines is 1. The van der Waals surface area contributed by atoms with Crippen LogP contribution in [0, 0.1) is 0 Å². The molecule has 5 nitrogen and oxygen atoms in total. The first-order chi connectivity index (χ1) is 11.6. The van der Waals surface area contributed by atoms with Gasteiger partial charge < -0.3 is 20.0 Å². The number of nitrogens with two attached hydrogens (primary N) is 1. The number of hydrogen-bond acceptors (Lipinski definition) is 4. The van der Waals surface area contributed by atoms with Crippen molar-refractivity contribution in [2.24, 2.45) is 5.73 Å². The molecule has 126 valence electrons. The van der Waals surface area contributed by atoms with Crippen molar-refractivity contribution in [1.82, 2.24) is 4.90 Å². The quantitative estimate of drug-likeness (QED) is 0.941. The Kier molecular flexibility index (Phi) is 3.81. The molecule has 0 radical (unpaired) electrons. The molecule has 2 atom stereocenters. The lowest BCUT2D eigenvalue weighted by Crippen LogP contribution is -2.33. The standard InChI is InChI=1S/C19H23N3O2/c1-13-10-14-4-2-3-5-17(14)22(13)11-15-7-9-24-18(15)19(23)21-8-6-16(20)12-21/h2-5,7,9,13,16H,6,8,10-12,20H2,1H3/t13?,16-/m1/s1. The van der Waals surface area contributed by atoms with Crippen molar-refractivity contribution in [2.75, 3.05) is 18.0 Å². The Labute approximate surface area is 142 Å². The van der Waals surface area contributed by atoms with Crippen molar-refractivity contribution >= 4 is 11.6 Å². The number of fused-ring (bicyclic) bond motifs is 1. The fourth-order valence-electron chi connectivity index (χ4n) is 3.82. The molecule has 0 saturated carbocycles. The topological polar surface area (TPSA) is 62.7 Å². The van der Waals surface area contributed by atoms with Gasteiger partial charge >= 0.3 is 0 Å². The summed E-state index contributed by atoms with van der Waals surface area (Å²) in [6, 6.07) is 10.9. The zero-order chi connectivity index (χ0) is 16.7. The molecule has 1 fully saturated rings. The van der Waals surface area contributed by atoms with E-state index in [1.807, 2.05) is 6.07 Å². The van der Waals surface area contributed by atoms with Crippen LogP contribution in [0.25, 0.3) is 0 Å². The molecule has 0 spiro atoms. The molecule has 2 N–H and O–H groups in total. The molecular weight excluding hydrogens is 302 g/mol. The Morgan fingerprint density at radius 3 is 2.96 bits per heavy atom. The van der Waals surface area contributed by atoms with Gasteiger partial charge in [0, 0.05) is 43.0 Å². The van der Waals surface area contributed by atoms with E-state index in [0.717, 1.165) is 18.4 Å². The molecule has 1 saturated heterocycles. The minimum Gasteiger partial charge on any atom is -0.459 e. The maximum Gasteiger partial charge on any atom is 0.289 e. The number of carbonyl (C=O) groups excluding carboxylic acids is 1. The molecule has 24 heavy (non-hydrogen) atoms. The number of amides is 1. The average Bonchev–Trinajstić information content (AvgIpc) is 3.27. The summed E-state index contributed by atoms with van der Waals surface area (Å²) in [5.74, 6) is 0.420. The molecule has 2 aliphatic heterocycles. The van der Waals surface area contributed by atoms with Gasteiger partial charge in [0.15, 0.2) is 5.76 Å². The van der Waals surface area contributed by atoms with Crippen molar-refractivity contribution < 1.29 is 9.21 Å². The molecule has 3 heterocycles. The third-order valence-corrected chi connectivity index (χ3v) is 5.14. The summed E-state index contributed by atoms with van der Waals surface area (Å²) in [4.78, 5) is 16.9. The van der Waals surface area contributed by atoms with E-state index in [2.05, 4.69) is 36.1 Å². The van der Waals surface area contributed by atoms with Gasteiger partial charge in [-0.15, -0.1) is 0 Å². The maximum absolute atomic E-state index is 12.7. The predicted molar refractivity (Wildman–Crippen MR) is 93.0 cm³/mol. The molecule has 1 amide bonds. The zero-order valence-corrected chi connectivity index (χ0v) is 13.9. The Morgan fingerprint density at radius 2 is 2.17 bits per heavy atom. The van der Waals surface area contributed by atoms with E-state index in [1.54, 1.807) is 11.2 Å². The van der Waals surface area contributed by atoms with Crippen molar-refractivity contribution in [3.8, 4) is 0 Å². The van der Waals surface area contributed by atoms with E-state index in [4.69, 9.17) is 10.2 Å². The van der Waals surface area contributed by atoms with Crippen LogP contribution in [-0.2, 0) is 13.0 Å². The summed E-state index contributed by atoms with van der Waals surface area (Å²) in [5.41, 5.74) is 9.50. The Morgan fingerprint density at radius 1 is 1.33 bits per heavy atom. The van der Waals surface area contributed by atoms with Gasteiger partial charge in [-0.2, -0.15) is 0 Å². The second kappa shape index (κ2) is 5.98. The van der Waals surface area contributed by atoms with Crippen molar-refractivity contribution in [3.05, 3.63) is 53.5 Å². The highest BCUT2D eigenvalue weighted by Crippen LogP contribution is 2.33. The van der Waals surface area contributed by atoms with E-state index in [-0.39, 0.29) is 11.9 Å². The van der Waals surface area contributed by atoms with Crippen LogP contribution < -0.4 is 10.6 Å². The van der Waals surface area contributed by atoms with Crippen LogP contribution in [0.1, 0.15) is 35.0 Å². The second-order valence-corrected chi connectivity index (χ2v) is 6.88. The van der Waals surface area contributed by atoms with E-state index in [1.165, 1.54) is 11.3 Å². The fraction of sp³-hybridized carbons (Fsp3) is 0.421. The summed E-state index contributed by atoms with van der Waals surface area (Å²) in [7, 11) is 0. The lowest BCUT2D eigenvalue weighted by atomic mass is 10.1. The average molecular weight is 325 g/mol. The third-order valence-electron chi connectivity index (χ3n) is 5.14. The number of rotatable bonds is 3. The van der Waals surface area contributed by atoms with E-state index in [0.29, 0.717) is 31.4 Å². The van der Waals surface area contributed by atoms with Gasteiger partial charge in [0.1, 0.15) is 0 Å². The number of furan rings is 1. The molecule has 0 aliphatic carbocycles. The smallest absolute Gasteiger partial charge is 0.289 e. The van der Waals surface area contributed by atoms with Gasteiger partial charge in [0.05, 0.1) is 6.26 Å². The van der Waals surface area contributed by atoms with Crippen LogP contribution in [0.15, 0.2) is 41.0 Å². The first-order valence-corrected chi connectivity index (χ1v) is 8.59. The van der Waals surface area contributed by atoms with Gasteiger partial charge in [0.25, 0.3) is 5.91 Å². The molecular formula is C19H23N3O2. The molecule has 1 unspecified atom stereocenters. The van der Waals surface area contributed by atoms with Crippen molar-refractivity contribution in [1.29, 1.82) is 0 Å². The number of carbonyl (C=O) groups is 1. The van der Waals surface area contributed by atoms with Crippen LogP contribution in [0.4, 0.5) is 5.69 Å². The number of hydrogen-bond donors (Lipinski definition) is 1. The normalized spacial score (nSPS) is 22.9. The van der Waals surface area contributed by atoms with E-state index >= 15 is 0 Å². The molecule has 0 bridgehead atoms. The van der Waals surface area contributed by atoms with Gasteiger partial charge in [-0.05, 0) is 37.5 Å². The minimum atomic E-state index is -0.0388. The number of para-hydroxylation sites is 1. The fourth-order valence-corrected chi connectivity index (χ4v) is 3.82. The summed E-state index contributed by atoms with van der Waals surface area (Å²) in [6.07, 6.45) is 3.52. The molecule has 5 heteroatoms. The zero-order valence-electron chi connectivity index (χ0n) is 13.9. The van der Waals surface area contributed by atoms with Gasteiger partial charge in [-0.25, -0.2) is 0 Å². The lowest BCUT2D eigenvalue weighted by Gasteiger charge is -2.25. The van der Waals surface area contributed by atoms with Gasteiger partial charge in [-0.1, -0.05) is 18.2 Å². The van der Waals surface area contributed by atoms with Crippen molar-refractivity contribution in [3.63, 3.8) is 0 Å². The van der Waals surface area contributed by atoms with Crippen LogP contribution in [0.5, 0.6) is 0 Å². The van der Waals surface area contributed by atoms with Gasteiger partial charge in [-0.3, -0.25) is 4.79 Å². The summed E-state index contributed by atoms with van der Waals surface area (Å²) in [6.45, 7) is 4.24. The Bertz CT molecular complexity index is 755. The van der Waals surface area contributed by atoms with E-state index < -0.39 is 0 Å².